The summed E-state index contributed by atoms with van der Waals surface area (Å²) in [5.74, 6) is 0.801. The number of hydrogen-bond acceptors (Lipinski definition) is 3. The van der Waals surface area contributed by atoms with E-state index in [9.17, 15) is 15.3 Å². The molecule has 2 aromatic carbocycles. The Balaban J connectivity index is 2.23. The molecule has 0 radical (unpaired) electrons. The number of phenolic OH excluding ortho intramolecular Hbond substituents is 3. The van der Waals surface area contributed by atoms with Crippen LogP contribution in [0.15, 0.2) is 42.5 Å². The lowest BCUT2D eigenvalue weighted by atomic mass is 9.97. The molecule has 0 aliphatic carbocycles. The van der Waals surface area contributed by atoms with Crippen LogP contribution in [-0.2, 0) is 12.8 Å². The van der Waals surface area contributed by atoms with Gasteiger partial charge >= 0.3 is 0 Å². The molecule has 0 atom stereocenters. The van der Waals surface area contributed by atoms with Crippen molar-refractivity contribution in [3.05, 3.63) is 59.2 Å². The predicted octanol–water partition coefficient (Wildman–Crippen LogP) is 4.26. The molecule has 0 aliphatic heterocycles. The molecule has 116 valence electrons. The molecule has 2 rings (SSSR count). The number of aryl methyl sites for hydroxylation is 2. The van der Waals surface area contributed by atoms with Gasteiger partial charge < -0.3 is 15.3 Å². The normalized spacial score (nSPS) is 11.4. The summed E-state index contributed by atoms with van der Waals surface area (Å²) in [5, 5.41) is 29.1. The van der Waals surface area contributed by atoms with Gasteiger partial charge in [-0.1, -0.05) is 38.1 Å². The van der Waals surface area contributed by atoms with E-state index in [0.29, 0.717) is 12.3 Å². The Labute approximate surface area is 131 Å². The maximum atomic E-state index is 10.1. The highest BCUT2D eigenvalue weighted by Gasteiger charge is 2.08. The van der Waals surface area contributed by atoms with Crippen molar-refractivity contribution in [2.45, 2.75) is 26.7 Å². The van der Waals surface area contributed by atoms with E-state index in [1.54, 1.807) is 18.2 Å². The third-order valence-electron chi connectivity index (χ3n) is 3.50. The molecular formula is C19H22O3. The largest absolute Gasteiger partial charge is 0.508 e. The molecule has 3 N–H and O–H groups in total. The lowest BCUT2D eigenvalue weighted by Crippen LogP contribution is -1.95. The summed E-state index contributed by atoms with van der Waals surface area (Å²) in [6.45, 7) is 4.15. The fourth-order valence-corrected chi connectivity index (χ4v) is 2.31. The van der Waals surface area contributed by atoms with Crippen LogP contribution in [0, 0.1) is 5.92 Å². The molecule has 0 spiro atoms. The van der Waals surface area contributed by atoms with Crippen molar-refractivity contribution >= 4 is 6.08 Å². The number of hydrogen-bond donors (Lipinski definition) is 3. The maximum Gasteiger partial charge on any atom is 0.126 e. The average Bonchev–Trinajstić information content (AvgIpc) is 2.45. The number of allylic oxidation sites excluding steroid dienone is 1. The molecule has 0 fully saturated rings. The molecule has 0 aliphatic rings. The summed E-state index contributed by atoms with van der Waals surface area (Å²) in [5.41, 5.74) is 2.76. The summed E-state index contributed by atoms with van der Waals surface area (Å²) in [6.07, 6.45) is 5.40. The van der Waals surface area contributed by atoms with Crippen LogP contribution in [-0.4, -0.2) is 15.3 Å². The van der Waals surface area contributed by atoms with Crippen LogP contribution in [0.4, 0.5) is 0 Å². The van der Waals surface area contributed by atoms with Gasteiger partial charge in [0.25, 0.3) is 0 Å². The van der Waals surface area contributed by atoms with Crippen molar-refractivity contribution in [2.75, 3.05) is 0 Å². The second kappa shape index (κ2) is 7.03. The molecule has 0 bridgehead atoms. The Bertz CT molecular complexity index is 655. The lowest BCUT2D eigenvalue weighted by molar-refractivity contribution is 0.448. The monoisotopic (exact) mass is 298 g/mol. The first-order valence-corrected chi connectivity index (χ1v) is 7.46. The summed E-state index contributed by atoms with van der Waals surface area (Å²) in [7, 11) is 0. The van der Waals surface area contributed by atoms with E-state index in [2.05, 4.69) is 13.8 Å². The molecular weight excluding hydrogens is 276 g/mol. The van der Waals surface area contributed by atoms with Gasteiger partial charge in [-0.25, -0.2) is 0 Å². The Hall–Kier alpha value is -2.42. The number of aromatic hydroxyl groups is 3. The Kier molecular flexibility index (Phi) is 5.10. The fraction of sp³-hybridized carbons (Fsp3) is 0.263. The van der Waals surface area contributed by atoms with E-state index in [1.807, 2.05) is 24.3 Å². The Morgan fingerprint density at radius 1 is 0.909 bits per heavy atom. The van der Waals surface area contributed by atoms with E-state index in [1.165, 1.54) is 6.07 Å². The van der Waals surface area contributed by atoms with Crippen LogP contribution >= 0.6 is 0 Å². The van der Waals surface area contributed by atoms with Gasteiger partial charge in [0, 0.05) is 11.6 Å². The number of phenols is 3. The first-order chi connectivity index (χ1) is 10.5. The van der Waals surface area contributed by atoms with Crippen LogP contribution in [0.5, 0.6) is 17.2 Å². The van der Waals surface area contributed by atoms with E-state index in [4.69, 9.17) is 0 Å². The van der Waals surface area contributed by atoms with E-state index < -0.39 is 0 Å². The molecule has 0 heterocycles. The summed E-state index contributed by atoms with van der Waals surface area (Å²) >= 11 is 0. The average molecular weight is 298 g/mol. The zero-order chi connectivity index (χ0) is 16.1. The Morgan fingerprint density at radius 2 is 1.59 bits per heavy atom. The second-order valence-corrected chi connectivity index (χ2v) is 5.81. The van der Waals surface area contributed by atoms with Crippen molar-refractivity contribution in [3.8, 4) is 17.2 Å². The highest BCUT2D eigenvalue weighted by Crippen LogP contribution is 2.30. The molecule has 0 aromatic heterocycles. The first-order valence-electron chi connectivity index (χ1n) is 7.46. The third kappa shape index (κ3) is 4.29. The van der Waals surface area contributed by atoms with E-state index >= 15 is 0 Å². The van der Waals surface area contributed by atoms with Gasteiger partial charge in [0.1, 0.15) is 17.2 Å². The van der Waals surface area contributed by atoms with Crippen molar-refractivity contribution in [2.24, 2.45) is 5.92 Å². The van der Waals surface area contributed by atoms with Gasteiger partial charge in [-0.15, -0.1) is 0 Å². The van der Waals surface area contributed by atoms with E-state index in [0.717, 1.165) is 23.1 Å². The van der Waals surface area contributed by atoms with Crippen molar-refractivity contribution in [3.63, 3.8) is 0 Å². The van der Waals surface area contributed by atoms with Gasteiger partial charge in [0.2, 0.25) is 0 Å². The van der Waals surface area contributed by atoms with Crippen LogP contribution < -0.4 is 0 Å². The van der Waals surface area contributed by atoms with Gasteiger partial charge in [-0.3, -0.25) is 0 Å². The van der Waals surface area contributed by atoms with Crippen LogP contribution in [0.2, 0.25) is 0 Å². The maximum absolute atomic E-state index is 10.1. The molecule has 0 unspecified atom stereocenters. The quantitative estimate of drug-likeness (QED) is 0.773. The van der Waals surface area contributed by atoms with Crippen LogP contribution in [0.3, 0.4) is 0 Å². The standard InChI is InChI=1S/C19H22O3/c1-13(2)3-10-18-15(11-17(21)12-19(18)22)7-4-14-5-8-16(20)9-6-14/h3,5-6,8-13,20-22H,4,7H2,1-2H3. The number of benzene rings is 2. The first kappa shape index (κ1) is 16.0. The minimum atomic E-state index is 0.0694. The number of rotatable bonds is 5. The van der Waals surface area contributed by atoms with Crippen LogP contribution in [0.1, 0.15) is 30.5 Å². The van der Waals surface area contributed by atoms with Crippen LogP contribution in [0.25, 0.3) is 6.08 Å². The molecule has 0 saturated heterocycles. The van der Waals surface area contributed by atoms with Crippen molar-refractivity contribution in [1.29, 1.82) is 0 Å². The molecule has 2 aromatic rings. The highest BCUT2D eigenvalue weighted by molar-refractivity contribution is 5.63. The SMILES string of the molecule is CC(C)C=Cc1c(O)cc(O)cc1CCc1ccc(O)cc1. The summed E-state index contributed by atoms with van der Waals surface area (Å²) in [6, 6.07) is 10.1. The molecule has 0 saturated carbocycles. The van der Waals surface area contributed by atoms with Gasteiger partial charge in [0.15, 0.2) is 0 Å². The Morgan fingerprint density at radius 3 is 2.23 bits per heavy atom. The van der Waals surface area contributed by atoms with E-state index in [-0.39, 0.29) is 17.2 Å². The van der Waals surface area contributed by atoms with Crippen molar-refractivity contribution < 1.29 is 15.3 Å². The third-order valence-corrected chi connectivity index (χ3v) is 3.50. The smallest absolute Gasteiger partial charge is 0.126 e. The highest BCUT2D eigenvalue weighted by atomic mass is 16.3. The summed E-state index contributed by atoms with van der Waals surface area (Å²) in [4.78, 5) is 0. The topological polar surface area (TPSA) is 60.7 Å². The predicted molar refractivity (Wildman–Crippen MR) is 89.2 cm³/mol. The molecule has 0 amide bonds. The minimum absolute atomic E-state index is 0.0694. The van der Waals surface area contributed by atoms with Gasteiger partial charge in [-0.05, 0) is 48.1 Å². The van der Waals surface area contributed by atoms with Gasteiger partial charge in [-0.2, -0.15) is 0 Å². The fourth-order valence-electron chi connectivity index (χ4n) is 2.31. The summed E-state index contributed by atoms with van der Waals surface area (Å²) < 4.78 is 0. The molecule has 22 heavy (non-hydrogen) atoms. The van der Waals surface area contributed by atoms with Gasteiger partial charge in [0.05, 0.1) is 0 Å². The molecule has 3 nitrogen and oxygen atoms in total. The lowest BCUT2D eigenvalue weighted by Gasteiger charge is -2.10. The van der Waals surface area contributed by atoms with Crippen molar-refractivity contribution in [1.82, 2.24) is 0 Å². The molecule has 3 heteroatoms. The zero-order valence-electron chi connectivity index (χ0n) is 13.0. The minimum Gasteiger partial charge on any atom is -0.508 e. The zero-order valence-corrected chi connectivity index (χ0v) is 13.0. The second-order valence-electron chi connectivity index (χ2n) is 5.81.